The van der Waals surface area contributed by atoms with Crippen LogP contribution in [0.3, 0.4) is 0 Å². The summed E-state index contributed by atoms with van der Waals surface area (Å²) < 4.78 is 0. The van der Waals surface area contributed by atoms with Crippen LogP contribution in [-0.2, 0) is 6.54 Å². The smallest absolute Gasteiger partial charge is 0.254 e. The Morgan fingerprint density at radius 1 is 1.14 bits per heavy atom. The molecule has 0 aliphatic carbocycles. The van der Waals surface area contributed by atoms with Crippen molar-refractivity contribution in [3.63, 3.8) is 0 Å². The summed E-state index contributed by atoms with van der Waals surface area (Å²) in [5.41, 5.74) is 1.79. The molecule has 1 aromatic carbocycles. The van der Waals surface area contributed by atoms with Gasteiger partial charge in [0.05, 0.1) is 5.56 Å². The molecule has 0 saturated heterocycles. The summed E-state index contributed by atoms with van der Waals surface area (Å²) >= 11 is 0. The van der Waals surface area contributed by atoms with Crippen LogP contribution in [0.2, 0.25) is 0 Å². The van der Waals surface area contributed by atoms with Gasteiger partial charge >= 0.3 is 0 Å². The number of nitrogens with zero attached hydrogens (tertiary/aromatic N) is 3. The highest BCUT2D eigenvalue weighted by Crippen LogP contribution is 2.05. The highest BCUT2D eigenvalue weighted by molar-refractivity contribution is 5.94. The lowest BCUT2D eigenvalue weighted by molar-refractivity contribution is 0.0949. The first kappa shape index (κ1) is 14.3. The number of Topliss-reactive ketones (excluding diaryl/α,β-unsaturated/α-hetero) is 1. The van der Waals surface area contributed by atoms with Crippen molar-refractivity contribution in [1.82, 2.24) is 15.3 Å². The molecule has 21 heavy (non-hydrogen) atoms. The average molecular weight is 280 g/mol. The maximum Gasteiger partial charge on any atom is 0.254 e. The summed E-state index contributed by atoms with van der Waals surface area (Å²) in [4.78, 5) is 30.5. The van der Waals surface area contributed by atoms with E-state index in [-0.39, 0.29) is 23.1 Å². The number of ketones is 1. The fourth-order valence-electron chi connectivity index (χ4n) is 1.64. The van der Waals surface area contributed by atoms with Crippen LogP contribution in [0.15, 0.2) is 36.7 Å². The molecule has 6 nitrogen and oxygen atoms in total. The van der Waals surface area contributed by atoms with Gasteiger partial charge in [0.25, 0.3) is 5.91 Å². The summed E-state index contributed by atoms with van der Waals surface area (Å²) in [5.74, 6) is -0.304. The van der Waals surface area contributed by atoms with Crippen LogP contribution in [0.1, 0.15) is 39.0 Å². The van der Waals surface area contributed by atoms with E-state index in [1.165, 1.54) is 19.3 Å². The quantitative estimate of drug-likeness (QED) is 0.856. The molecule has 0 aliphatic heterocycles. The van der Waals surface area contributed by atoms with Gasteiger partial charge in [-0.1, -0.05) is 24.3 Å². The first-order chi connectivity index (χ1) is 10.1. The number of hydrogen-bond acceptors (Lipinski definition) is 5. The van der Waals surface area contributed by atoms with E-state index < -0.39 is 0 Å². The van der Waals surface area contributed by atoms with E-state index in [9.17, 15) is 9.59 Å². The standard InChI is InChI=1S/C15H12N4O2/c1-10(20)12-4-2-11(3-5-12)7-19-15(21)13-8-17-14(6-16)18-9-13/h2-5,8-9H,7H2,1H3,(H,19,21). The van der Waals surface area contributed by atoms with Crippen molar-refractivity contribution in [1.29, 1.82) is 5.26 Å². The Kier molecular flexibility index (Phi) is 4.36. The minimum absolute atomic E-state index is 0.000293. The minimum Gasteiger partial charge on any atom is -0.348 e. The number of carbonyl (C=O) groups excluding carboxylic acids is 2. The first-order valence-electron chi connectivity index (χ1n) is 6.20. The zero-order valence-electron chi connectivity index (χ0n) is 11.3. The van der Waals surface area contributed by atoms with E-state index >= 15 is 0 Å². The lowest BCUT2D eigenvalue weighted by Gasteiger charge is -2.05. The highest BCUT2D eigenvalue weighted by Gasteiger charge is 2.07. The van der Waals surface area contributed by atoms with Gasteiger partial charge in [-0.2, -0.15) is 5.26 Å². The molecule has 2 aromatic rings. The third-order valence-corrected chi connectivity index (χ3v) is 2.83. The van der Waals surface area contributed by atoms with E-state index in [1.54, 1.807) is 30.3 Å². The van der Waals surface area contributed by atoms with Gasteiger partial charge in [0.1, 0.15) is 6.07 Å². The van der Waals surface area contributed by atoms with E-state index in [4.69, 9.17) is 5.26 Å². The van der Waals surface area contributed by atoms with Crippen LogP contribution in [0, 0.1) is 11.3 Å². The van der Waals surface area contributed by atoms with E-state index in [0.717, 1.165) is 5.56 Å². The number of aromatic nitrogens is 2. The summed E-state index contributed by atoms with van der Waals surface area (Å²) in [6, 6.07) is 8.79. The summed E-state index contributed by atoms with van der Waals surface area (Å²) in [6.45, 7) is 1.83. The van der Waals surface area contributed by atoms with Gasteiger partial charge in [-0.25, -0.2) is 9.97 Å². The minimum atomic E-state index is -0.324. The van der Waals surface area contributed by atoms with Crippen LogP contribution in [-0.4, -0.2) is 21.7 Å². The maximum atomic E-state index is 11.9. The summed E-state index contributed by atoms with van der Waals surface area (Å²) in [5, 5.41) is 11.3. The second-order valence-electron chi connectivity index (χ2n) is 4.34. The molecular weight excluding hydrogens is 268 g/mol. The van der Waals surface area contributed by atoms with E-state index in [1.807, 2.05) is 0 Å². The second kappa shape index (κ2) is 6.39. The van der Waals surface area contributed by atoms with Gasteiger partial charge in [-0.3, -0.25) is 9.59 Å². The van der Waals surface area contributed by atoms with Crippen molar-refractivity contribution in [2.45, 2.75) is 13.5 Å². The molecular formula is C15H12N4O2. The fourth-order valence-corrected chi connectivity index (χ4v) is 1.64. The Bertz CT molecular complexity index is 700. The molecule has 1 aromatic heterocycles. The normalized spacial score (nSPS) is 9.71. The first-order valence-corrected chi connectivity index (χ1v) is 6.20. The number of carbonyl (C=O) groups is 2. The van der Waals surface area contributed by atoms with Gasteiger partial charge < -0.3 is 5.32 Å². The van der Waals surface area contributed by atoms with Crippen molar-refractivity contribution in [2.75, 3.05) is 0 Å². The summed E-state index contributed by atoms with van der Waals surface area (Å²) in [7, 11) is 0. The molecule has 0 fully saturated rings. The number of nitrogens with one attached hydrogen (secondary N) is 1. The van der Waals surface area contributed by atoms with Crippen molar-refractivity contribution in [3.8, 4) is 6.07 Å². The predicted molar refractivity (Wildman–Crippen MR) is 74.4 cm³/mol. The van der Waals surface area contributed by atoms with Crippen molar-refractivity contribution >= 4 is 11.7 Å². The zero-order chi connectivity index (χ0) is 15.2. The van der Waals surface area contributed by atoms with Crippen LogP contribution in [0.25, 0.3) is 0 Å². The fraction of sp³-hybridized carbons (Fsp3) is 0.133. The van der Waals surface area contributed by atoms with Gasteiger partial charge in [0.15, 0.2) is 5.78 Å². The van der Waals surface area contributed by atoms with Crippen molar-refractivity contribution in [2.24, 2.45) is 0 Å². The van der Waals surface area contributed by atoms with E-state index in [0.29, 0.717) is 12.1 Å². The number of amides is 1. The topological polar surface area (TPSA) is 95.7 Å². The van der Waals surface area contributed by atoms with Crippen LogP contribution in [0.5, 0.6) is 0 Å². The van der Waals surface area contributed by atoms with Crippen LogP contribution >= 0.6 is 0 Å². The third kappa shape index (κ3) is 3.70. The van der Waals surface area contributed by atoms with Crippen LogP contribution in [0.4, 0.5) is 0 Å². The van der Waals surface area contributed by atoms with Crippen molar-refractivity contribution in [3.05, 3.63) is 59.2 Å². The maximum absolute atomic E-state index is 11.9. The Balaban J connectivity index is 1.97. The Morgan fingerprint density at radius 2 is 1.76 bits per heavy atom. The van der Waals surface area contributed by atoms with Crippen molar-refractivity contribution < 1.29 is 9.59 Å². The monoisotopic (exact) mass is 280 g/mol. The van der Waals surface area contributed by atoms with Gasteiger partial charge in [-0.15, -0.1) is 0 Å². The molecule has 0 radical (unpaired) electrons. The predicted octanol–water partition coefficient (Wildman–Crippen LogP) is 1.48. The molecule has 0 saturated carbocycles. The molecule has 0 atom stereocenters. The molecule has 1 amide bonds. The molecule has 2 rings (SSSR count). The number of benzene rings is 1. The Labute approximate surface area is 121 Å². The summed E-state index contributed by atoms with van der Waals surface area (Å²) in [6.07, 6.45) is 2.61. The molecule has 6 heteroatoms. The number of hydrogen-bond donors (Lipinski definition) is 1. The molecule has 1 heterocycles. The SMILES string of the molecule is CC(=O)c1ccc(CNC(=O)c2cnc(C#N)nc2)cc1. The Morgan fingerprint density at radius 3 is 2.29 bits per heavy atom. The third-order valence-electron chi connectivity index (χ3n) is 2.83. The number of nitriles is 1. The number of rotatable bonds is 4. The second-order valence-corrected chi connectivity index (χ2v) is 4.34. The largest absolute Gasteiger partial charge is 0.348 e. The molecule has 0 spiro atoms. The zero-order valence-corrected chi connectivity index (χ0v) is 11.3. The molecule has 0 bridgehead atoms. The molecule has 0 unspecified atom stereocenters. The van der Waals surface area contributed by atoms with E-state index in [2.05, 4.69) is 15.3 Å². The van der Waals surface area contributed by atoms with Crippen LogP contribution < -0.4 is 5.32 Å². The van der Waals surface area contributed by atoms with Gasteiger partial charge in [0.2, 0.25) is 5.82 Å². The lowest BCUT2D eigenvalue weighted by Crippen LogP contribution is -2.23. The molecule has 1 N–H and O–H groups in total. The highest BCUT2D eigenvalue weighted by atomic mass is 16.1. The van der Waals surface area contributed by atoms with Gasteiger partial charge in [0, 0.05) is 24.5 Å². The molecule has 104 valence electrons. The average Bonchev–Trinajstić information content (AvgIpc) is 2.53. The lowest BCUT2D eigenvalue weighted by atomic mass is 10.1. The molecule has 0 aliphatic rings. The Hall–Kier alpha value is -3.07. The van der Waals surface area contributed by atoms with Gasteiger partial charge in [-0.05, 0) is 12.5 Å².